The number of aromatic nitrogens is 1. The number of para-hydroxylation sites is 1. The molecule has 3 rings (SSSR count). The highest BCUT2D eigenvalue weighted by Gasteiger charge is 2.32. The number of nitrogens with zero attached hydrogens (tertiary/aromatic N) is 2. The van der Waals surface area contributed by atoms with E-state index in [4.69, 9.17) is 4.74 Å². The zero-order chi connectivity index (χ0) is 14.7. The maximum absolute atomic E-state index is 12.5. The number of anilines is 1. The molecular formula is C17H18N2O2. The number of hydrogen-bond acceptors (Lipinski definition) is 3. The van der Waals surface area contributed by atoms with Crippen LogP contribution >= 0.6 is 0 Å². The first-order chi connectivity index (χ1) is 10.3. The number of methoxy groups -OCH3 is 1. The van der Waals surface area contributed by atoms with Crippen LogP contribution in [0.3, 0.4) is 0 Å². The lowest BCUT2D eigenvalue weighted by Gasteiger charge is -2.36. The van der Waals surface area contributed by atoms with Crippen molar-refractivity contribution in [2.45, 2.75) is 18.9 Å². The topological polar surface area (TPSA) is 42.4 Å². The molecule has 1 atom stereocenters. The third-order valence-corrected chi connectivity index (χ3v) is 3.82. The second-order valence-electron chi connectivity index (χ2n) is 5.13. The lowest BCUT2D eigenvalue weighted by atomic mass is 9.93. The first kappa shape index (κ1) is 13.8. The number of rotatable bonds is 3. The Kier molecular flexibility index (Phi) is 3.97. The van der Waals surface area contributed by atoms with E-state index in [1.54, 1.807) is 13.3 Å². The number of hydrogen-bond donors (Lipinski definition) is 0. The Morgan fingerprint density at radius 2 is 2.10 bits per heavy atom. The third-order valence-electron chi connectivity index (χ3n) is 3.82. The number of fused-ring (bicyclic) bond motifs is 1. The van der Waals surface area contributed by atoms with Gasteiger partial charge in [-0.3, -0.25) is 9.78 Å². The van der Waals surface area contributed by atoms with E-state index >= 15 is 0 Å². The Morgan fingerprint density at radius 3 is 2.86 bits per heavy atom. The summed E-state index contributed by atoms with van der Waals surface area (Å²) in [6.07, 6.45) is 3.60. The Morgan fingerprint density at radius 1 is 1.29 bits per heavy atom. The average molecular weight is 282 g/mol. The van der Waals surface area contributed by atoms with E-state index in [0.29, 0.717) is 0 Å². The van der Waals surface area contributed by atoms with Crippen LogP contribution in [0.4, 0.5) is 5.69 Å². The monoisotopic (exact) mass is 282 g/mol. The summed E-state index contributed by atoms with van der Waals surface area (Å²) < 4.78 is 5.04. The smallest absolute Gasteiger partial charge is 0.253 e. The van der Waals surface area contributed by atoms with Crippen molar-refractivity contribution >= 4 is 11.6 Å². The number of carbonyl (C=O) groups excluding carboxylic acids is 1. The first-order valence-corrected chi connectivity index (χ1v) is 7.11. The molecule has 0 fully saturated rings. The van der Waals surface area contributed by atoms with Crippen LogP contribution in [0.2, 0.25) is 0 Å². The van der Waals surface area contributed by atoms with Gasteiger partial charge in [-0.15, -0.1) is 0 Å². The summed E-state index contributed by atoms with van der Waals surface area (Å²) in [4.78, 5) is 18.8. The molecule has 0 spiro atoms. The number of pyridine rings is 1. The maximum atomic E-state index is 12.5. The van der Waals surface area contributed by atoms with Gasteiger partial charge >= 0.3 is 0 Å². The highest BCUT2D eigenvalue weighted by molar-refractivity contribution is 5.96. The lowest BCUT2D eigenvalue weighted by molar-refractivity contribution is -0.122. The van der Waals surface area contributed by atoms with Gasteiger partial charge in [-0.05, 0) is 36.6 Å². The van der Waals surface area contributed by atoms with Crippen molar-refractivity contribution in [3.8, 4) is 0 Å². The minimum atomic E-state index is -0.0275. The summed E-state index contributed by atoms with van der Waals surface area (Å²) in [6.45, 7) is 0.0810. The van der Waals surface area contributed by atoms with Gasteiger partial charge in [0.25, 0.3) is 5.91 Å². The van der Waals surface area contributed by atoms with Crippen molar-refractivity contribution in [3.63, 3.8) is 0 Å². The quantitative estimate of drug-likeness (QED) is 0.869. The molecule has 0 saturated heterocycles. The molecule has 1 aromatic heterocycles. The van der Waals surface area contributed by atoms with Gasteiger partial charge < -0.3 is 9.64 Å². The van der Waals surface area contributed by atoms with Crippen molar-refractivity contribution in [2.24, 2.45) is 0 Å². The number of ether oxygens (including phenoxy) is 1. The minimum absolute atomic E-state index is 0.0243. The van der Waals surface area contributed by atoms with E-state index < -0.39 is 0 Å². The molecule has 1 unspecified atom stereocenters. The molecule has 0 bridgehead atoms. The molecular weight excluding hydrogens is 264 g/mol. The molecule has 4 nitrogen and oxygen atoms in total. The predicted octanol–water partition coefficient (Wildman–Crippen LogP) is 2.75. The Hall–Kier alpha value is -2.20. The Bertz CT molecular complexity index is 628. The number of aryl methyl sites for hydroxylation is 1. The van der Waals surface area contributed by atoms with Gasteiger partial charge in [-0.1, -0.05) is 24.3 Å². The molecule has 0 radical (unpaired) electrons. The van der Waals surface area contributed by atoms with Gasteiger partial charge in [0.15, 0.2) is 0 Å². The molecule has 4 heteroatoms. The Balaban J connectivity index is 2.03. The van der Waals surface area contributed by atoms with Gasteiger partial charge in [0, 0.05) is 19.0 Å². The third kappa shape index (κ3) is 2.67. The summed E-state index contributed by atoms with van der Waals surface area (Å²) >= 11 is 0. The van der Waals surface area contributed by atoms with Gasteiger partial charge in [0.1, 0.15) is 6.61 Å². The fraction of sp³-hybridized carbons (Fsp3) is 0.294. The van der Waals surface area contributed by atoms with Crippen LogP contribution in [0, 0.1) is 0 Å². The van der Waals surface area contributed by atoms with E-state index in [2.05, 4.69) is 11.1 Å². The SMILES string of the molecule is COCC(=O)N1c2ccccc2CCC1c1ccccn1. The molecule has 0 N–H and O–H groups in total. The van der Waals surface area contributed by atoms with Crippen LogP contribution in [0.5, 0.6) is 0 Å². The number of amides is 1. The molecule has 1 aliphatic rings. The zero-order valence-corrected chi connectivity index (χ0v) is 12.0. The van der Waals surface area contributed by atoms with E-state index in [9.17, 15) is 4.79 Å². The van der Waals surface area contributed by atoms with Crippen LogP contribution in [0.25, 0.3) is 0 Å². The van der Waals surface area contributed by atoms with Crippen LogP contribution in [0.1, 0.15) is 23.7 Å². The molecule has 1 amide bonds. The fourth-order valence-corrected chi connectivity index (χ4v) is 2.90. The summed E-state index contributed by atoms with van der Waals surface area (Å²) in [7, 11) is 1.55. The van der Waals surface area contributed by atoms with Crippen molar-refractivity contribution < 1.29 is 9.53 Å². The highest BCUT2D eigenvalue weighted by atomic mass is 16.5. The molecule has 108 valence electrons. The highest BCUT2D eigenvalue weighted by Crippen LogP contribution is 2.37. The summed E-state index contributed by atoms with van der Waals surface area (Å²) in [5.74, 6) is -0.0275. The standard InChI is InChI=1S/C17H18N2O2/c1-21-12-17(20)19-15-8-3-2-6-13(15)9-10-16(19)14-7-4-5-11-18-14/h2-8,11,16H,9-10,12H2,1H3. The summed E-state index contributed by atoms with van der Waals surface area (Å²) in [5, 5.41) is 0. The van der Waals surface area contributed by atoms with E-state index in [-0.39, 0.29) is 18.6 Å². The van der Waals surface area contributed by atoms with Gasteiger partial charge in [-0.2, -0.15) is 0 Å². The molecule has 2 aromatic rings. The molecule has 0 aliphatic carbocycles. The van der Waals surface area contributed by atoms with Crippen molar-refractivity contribution in [2.75, 3.05) is 18.6 Å². The van der Waals surface area contributed by atoms with Gasteiger partial charge in [0.05, 0.1) is 11.7 Å². The normalized spacial score (nSPS) is 17.4. The molecule has 2 heterocycles. The van der Waals surface area contributed by atoms with E-state index in [1.807, 2.05) is 41.3 Å². The zero-order valence-electron chi connectivity index (χ0n) is 12.0. The second kappa shape index (κ2) is 6.06. The lowest BCUT2D eigenvalue weighted by Crippen LogP contribution is -2.40. The molecule has 0 saturated carbocycles. The first-order valence-electron chi connectivity index (χ1n) is 7.11. The van der Waals surface area contributed by atoms with Gasteiger partial charge in [0.2, 0.25) is 0 Å². The maximum Gasteiger partial charge on any atom is 0.253 e. The Labute approximate surface area is 124 Å². The van der Waals surface area contributed by atoms with Crippen molar-refractivity contribution in [1.82, 2.24) is 4.98 Å². The van der Waals surface area contributed by atoms with Crippen LogP contribution < -0.4 is 4.90 Å². The number of benzene rings is 1. The minimum Gasteiger partial charge on any atom is -0.375 e. The van der Waals surface area contributed by atoms with Crippen molar-refractivity contribution in [3.05, 3.63) is 59.9 Å². The number of carbonyl (C=O) groups is 1. The average Bonchev–Trinajstić information content (AvgIpc) is 2.54. The molecule has 1 aliphatic heterocycles. The fourth-order valence-electron chi connectivity index (χ4n) is 2.90. The molecule has 1 aromatic carbocycles. The second-order valence-corrected chi connectivity index (χ2v) is 5.13. The van der Waals surface area contributed by atoms with Crippen LogP contribution in [-0.2, 0) is 16.0 Å². The molecule has 21 heavy (non-hydrogen) atoms. The van der Waals surface area contributed by atoms with E-state index in [0.717, 1.165) is 24.2 Å². The van der Waals surface area contributed by atoms with Crippen LogP contribution in [-0.4, -0.2) is 24.6 Å². The summed E-state index contributed by atoms with van der Waals surface area (Å²) in [6, 6.07) is 13.9. The largest absolute Gasteiger partial charge is 0.375 e. The van der Waals surface area contributed by atoms with Gasteiger partial charge in [-0.25, -0.2) is 0 Å². The van der Waals surface area contributed by atoms with Crippen LogP contribution in [0.15, 0.2) is 48.7 Å². The summed E-state index contributed by atoms with van der Waals surface area (Å²) in [5.41, 5.74) is 3.10. The predicted molar refractivity (Wildman–Crippen MR) is 81.1 cm³/mol. The van der Waals surface area contributed by atoms with E-state index in [1.165, 1.54) is 5.56 Å². The van der Waals surface area contributed by atoms with Crippen molar-refractivity contribution in [1.29, 1.82) is 0 Å².